The van der Waals surface area contributed by atoms with Crippen LogP contribution in [0, 0.1) is 0 Å². The van der Waals surface area contributed by atoms with Crippen LogP contribution in [0.5, 0.6) is 0 Å². The van der Waals surface area contributed by atoms with Crippen molar-refractivity contribution in [3.8, 4) is 0 Å². The number of nitrogens with zero attached hydrogens (tertiary/aromatic N) is 4. The monoisotopic (exact) mass is 385 g/mol. The van der Waals surface area contributed by atoms with E-state index in [4.69, 9.17) is 5.11 Å². The lowest BCUT2D eigenvalue weighted by Gasteiger charge is -2.32. The van der Waals surface area contributed by atoms with Crippen molar-refractivity contribution in [3.05, 3.63) is 47.8 Å². The quantitative estimate of drug-likeness (QED) is 0.647. The van der Waals surface area contributed by atoms with E-state index in [1.54, 1.807) is 6.20 Å². The van der Waals surface area contributed by atoms with Crippen molar-refractivity contribution in [1.29, 1.82) is 0 Å². The first kappa shape index (κ1) is 20.5. The molecule has 7 heteroatoms. The fourth-order valence-corrected chi connectivity index (χ4v) is 3.66. The van der Waals surface area contributed by atoms with Crippen molar-refractivity contribution >= 4 is 5.91 Å². The summed E-state index contributed by atoms with van der Waals surface area (Å²) < 4.78 is 1.84. The van der Waals surface area contributed by atoms with Gasteiger partial charge in [0.2, 0.25) is 0 Å². The third-order valence-electron chi connectivity index (χ3n) is 5.54. The molecule has 3 rings (SSSR count). The first-order valence-electron chi connectivity index (χ1n) is 10.3. The summed E-state index contributed by atoms with van der Waals surface area (Å²) in [6.07, 6.45) is 5.49. The van der Waals surface area contributed by atoms with Gasteiger partial charge >= 0.3 is 0 Å². The molecule has 1 aliphatic rings. The first-order valence-corrected chi connectivity index (χ1v) is 10.3. The molecule has 2 heterocycles. The molecule has 0 spiro atoms. The number of aliphatic hydroxyl groups excluding tert-OH is 1. The van der Waals surface area contributed by atoms with Crippen molar-refractivity contribution < 1.29 is 9.90 Å². The molecular formula is C21H31N5O2. The lowest BCUT2D eigenvalue weighted by Crippen LogP contribution is -2.35. The highest BCUT2D eigenvalue weighted by atomic mass is 16.3. The van der Waals surface area contributed by atoms with Crippen LogP contribution < -0.4 is 5.32 Å². The van der Waals surface area contributed by atoms with Gasteiger partial charge in [-0.3, -0.25) is 4.79 Å². The molecule has 1 unspecified atom stereocenters. The second-order valence-electron chi connectivity index (χ2n) is 7.59. The van der Waals surface area contributed by atoms with E-state index >= 15 is 0 Å². The fraction of sp³-hybridized carbons (Fsp3) is 0.571. The Kier molecular flexibility index (Phi) is 7.56. The van der Waals surface area contributed by atoms with Crippen LogP contribution in [0.3, 0.4) is 0 Å². The van der Waals surface area contributed by atoms with Gasteiger partial charge < -0.3 is 15.3 Å². The Hall–Kier alpha value is -2.25. The number of rotatable bonds is 9. The molecule has 28 heavy (non-hydrogen) atoms. The van der Waals surface area contributed by atoms with Gasteiger partial charge in [-0.2, -0.15) is 0 Å². The molecule has 0 aliphatic carbocycles. The van der Waals surface area contributed by atoms with Gasteiger partial charge in [0.1, 0.15) is 0 Å². The zero-order chi connectivity index (χ0) is 19.8. The second kappa shape index (κ2) is 10.3. The summed E-state index contributed by atoms with van der Waals surface area (Å²) in [6, 6.07) is 11.0. The van der Waals surface area contributed by atoms with E-state index in [1.807, 2.05) is 4.68 Å². The molecule has 0 bridgehead atoms. The summed E-state index contributed by atoms with van der Waals surface area (Å²) in [5.74, 6) is 0.341. The van der Waals surface area contributed by atoms with E-state index in [9.17, 15) is 4.79 Å². The minimum absolute atomic E-state index is 0.0651. The number of carbonyl (C=O) groups is 1. The number of piperidine rings is 1. The molecule has 1 fully saturated rings. The number of hydrogen-bond acceptors (Lipinski definition) is 5. The maximum Gasteiger partial charge on any atom is 0.273 e. The number of hydrogen-bond donors (Lipinski definition) is 2. The number of aromatic nitrogens is 3. The topological polar surface area (TPSA) is 83.3 Å². The van der Waals surface area contributed by atoms with Gasteiger partial charge in [-0.25, -0.2) is 4.68 Å². The van der Waals surface area contributed by atoms with Crippen LogP contribution in [0.4, 0.5) is 0 Å². The van der Waals surface area contributed by atoms with E-state index in [0.717, 1.165) is 38.9 Å². The van der Waals surface area contributed by atoms with Crippen molar-refractivity contribution in [2.24, 2.45) is 0 Å². The lowest BCUT2D eigenvalue weighted by atomic mass is 9.97. The van der Waals surface area contributed by atoms with Crippen LogP contribution in [0.15, 0.2) is 36.5 Å². The molecule has 1 saturated heterocycles. The number of likely N-dealkylation sites (tertiary alicyclic amines) is 1. The predicted octanol–water partition coefficient (Wildman–Crippen LogP) is 2.22. The van der Waals surface area contributed by atoms with Crippen LogP contribution in [0.2, 0.25) is 0 Å². The van der Waals surface area contributed by atoms with Crippen molar-refractivity contribution in [2.45, 2.75) is 44.6 Å². The van der Waals surface area contributed by atoms with Crippen LogP contribution in [0.25, 0.3) is 0 Å². The Morgan fingerprint density at radius 2 is 2.04 bits per heavy atom. The zero-order valence-corrected chi connectivity index (χ0v) is 16.6. The molecule has 1 aromatic carbocycles. The molecule has 1 aliphatic heterocycles. The summed E-state index contributed by atoms with van der Waals surface area (Å²) in [7, 11) is 0. The molecule has 2 N–H and O–H groups in total. The Morgan fingerprint density at radius 1 is 1.29 bits per heavy atom. The maximum atomic E-state index is 12.0. The third-order valence-corrected chi connectivity index (χ3v) is 5.54. The van der Waals surface area contributed by atoms with Crippen LogP contribution in [-0.4, -0.2) is 63.7 Å². The second-order valence-corrected chi connectivity index (χ2v) is 7.59. The van der Waals surface area contributed by atoms with Crippen molar-refractivity contribution in [1.82, 2.24) is 25.2 Å². The summed E-state index contributed by atoms with van der Waals surface area (Å²) in [6.45, 7) is 6.01. The predicted molar refractivity (Wildman–Crippen MR) is 108 cm³/mol. The van der Waals surface area contributed by atoms with Gasteiger partial charge in [-0.1, -0.05) is 42.5 Å². The SMILES string of the molecule is CC(CCN1CCC(n2cc(C(=O)NCCCO)nn2)CC1)c1ccccc1. The standard InChI is InChI=1S/C21H31N5O2/c1-17(18-6-3-2-4-7-18)8-12-25-13-9-19(10-14-25)26-16-20(23-24-26)21(28)22-11-5-15-27/h2-4,6-7,16-17,19,27H,5,8-15H2,1H3,(H,22,28). The van der Waals surface area contributed by atoms with Crippen molar-refractivity contribution in [2.75, 3.05) is 32.8 Å². The Balaban J connectivity index is 1.42. The third kappa shape index (κ3) is 5.62. The molecule has 152 valence electrons. The highest BCUT2D eigenvalue weighted by Crippen LogP contribution is 2.24. The summed E-state index contributed by atoms with van der Waals surface area (Å²) >= 11 is 0. The normalized spacial score (nSPS) is 16.8. The Labute approximate surface area is 166 Å². The highest BCUT2D eigenvalue weighted by molar-refractivity contribution is 5.91. The van der Waals surface area contributed by atoms with E-state index in [-0.39, 0.29) is 12.5 Å². The summed E-state index contributed by atoms with van der Waals surface area (Å²) in [4.78, 5) is 14.5. The number of benzene rings is 1. The lowest BCUT2D eigenvalue weighted by molar-refractivity contribution is 0.0946. The van der Waals surface area contributed by atoms with E-state index in [1.165, 1.54) is 5.56 Å². The molecule has 0 saturated carbocycles. The van der Waals surface area contributed by atoms with Gasteiger partial charge in [0.15, 0.2) is 5.69 Å². The fourth-order valence-electron chi connectivity index (χ4n) is 3.66. The molecule has 1 aromatic heterocycles. The Bertz CT molecular complexity index is 725. The molecule has 2 aromatic rings. The van der Waals surface area contributed by atoms with E-state index in [2.05, 4.69) is 57.8 Å². The van der Waals surface area contributed by atoms with Crippen LogP contribution in [-0.2, 0) is 0 Å². The molecular weight excluding hydrogens is 354 g/mol. The van der Waals surface area contributed by atoms with Crippen LogP contribution in [0.1, 0.15) is 60.6 Å². The van der Waals surface area contributed by atoms with Gasteiger partial charge in [0.05, 0.1) is 12.2 Å². The largest absolute Gasteiger partial charge is 0.396 e. The van der Waals surface area contributed by atoms with Gasteiger partial charge in [-0.05, 0) is 43.7 Å². The van der Waals surface area contributed by atoms with Crippen LogP contribution >= 0.6 is 0 Å². The van der Waals surface area contributed by atoms with Gasteiger partial charge in [-0.15, -0.1) is 5.10 Å². The molecule has 1 atom stereocenters. The minimum atomic E-state index is -0.230. The Morgan fingerprint density at radius 3 is 2.75 bits per heavy atom. The van der Waals surface area contributed by atoms with E-state index < -0.39 is 0 Å². The number of carbonyl (C=O) groups excluding carboxylic acids is 1. The van der Waals surface area contributed by atoms with Crippen molar-refractivity contribution in [3.63, 3.8) is 0 Å². The number of amides is 1. The van der Waals surface area contributed by atoms with E-state index in [0.29, 0.717) is 30.6 Å². The summed E-state index contributed by atoms with van der Waals surface area (Å²) in [5.41, 5.74) is 1.75. The molecule has 7 nitrogen and oxygen atoms in total. The smallest absolute Gasteiger partial charge is 0.273 e. The minimum Gasteiger partial charge on any atom is -0.396 e. The van der Waals surface area contributed by atoms with Gasteiger partial charge in [0.25, 0.3) is 5.91 Å². The first-order chi connectivity index (χ1) is 13.7. The molecule has 1 amide bonds. The number of nitrogens with one attached hydrogen (secondary N) is 1. The molecule has 0 radical (unpaired) electrons. The maximum absolute atomic E-state index is 12.0. The number of aliphatic hydroxyl groups is 1. The average Bonchev–Trinajstić information content (AvgIpc) is 3.23. The average molecular weight is 386 g/mol. The summed E-state index contributed by atoms with van der Waals surface area (Å²) in [5, 5.41) is 19.7. The zero-order valence-electron chi connectivity index (χ0n) is 16.6. The highest BCUT2D eigenvalue weighted by Gasteiger charge is 2.23. The van der Waals surface area contributed by atoms with Gasteiger partial charge in [0, 0.05) is 26.2 Å².